The smallest absolute Gasteiger partial charge is 0.148 e. The van der Waals surface area contributed by atoms with Crippen LogP contribution < -0.4 is 0 Å². The Kier molecular flexibility index (Phi) is 8.18. The number of benzene rings is 6. The van der Waals surface area contributed by atoms with Gasteiger partial charge < -0.3 is 5.11 Å². The molecule has 0 radical (unpaired) electrons. The molecule has 0 spiro atoms. The van der Waals surface area contributed by atoms with Crippen molar-refractivity contribution in [3.8, 4) is 67.5 Å². The van der Waals surface area contributed by atoms with Crippen molar-refractivity contribution in [3.63, 3.8) is 0 Å². The molecule has 0 saturated carbocycles. The van der Waals surface area contributed by atoms with E-state index in [2.05, 4.69) is 47.6 Å². The molecule has 8 aromatic rings. The van der Waals surface area contributed by atoms with E-state index in [4.69, 9.17) is 34.6 Å². The van der Waals surface area contributed by atoms with E-state index in [1.807, 2.05) is 67.8 Å². The zero-order valence-corrected chi connectivity index (χ0v) is 41.6. The van der Waals surface area contributed by atoms with Crippen LogP contribution in [0, 0.1) is 6.07 Å². The van der Waals surface area contributed by atoms with Crippen LogP contribution in [-0.2, 0) is 48.1 Å². The van der Waals surface area contributed by atoms with Gasteiger partial charge >= 0.3 is 0 Å². The molecule has 0 aliphatic rings. The van der Waals surface area contributed by atoms with Crippen LogP contribution in [0.1, 0.15) is 156 Å². The fourth-order valence-corrected chi connectivity index (χ4v) is 8.32. The number of nitrogens with zero attached hydrogens (tertiary/aromatic N) is 3. The molecule has 0 aliphatic heterocycles. The summed E-state index contributed by atoms with van der Waals surface area (Å²) in [6.07, 6.45) is 1.58. The summed E-state index contributed by atoms with van der Waals surface area (Å²) in [6, 6.07) is 38.9. The van der Waals surface area contributed by atoms with E-state index in [1.165, 1.54) is 42.5 Å². The Hall–Kier alpha value is -5.57. The molecule has 0 atom stereocenters. The Labute approximate surface area is 440 Å². The molecule has 0 unspecified atom stereocenters. The number of phenols is 1. The van der Waals surface area contributed by atoms with Gasteiger partial charge in [0.1, 0.15) is 11.6 Å². The number of aromatic nitrogens is 3. The average Bonchev–Trinajstić information content (AvgIpc) is 0.933. The van der Waals surface area contributed by atoms with E-state index in [0.717, 1.165) is 11.1 Å². The third-order valence-corrected chi connectivity index (χ3v) is 12.2. The first-order valence-corrected chi connectivity index (χ1v) is 22.0. The van der Waals surface area contributed by atoms with Crippen molar-refractivity contribution in [2.24, 2.45) is 0 Å². The van der Waals surface area contributed by atoms with Crippen molar-refractivity contribution in [1.82, 2.24) is 14.5 Å². The van der Waals surface area contributed by atoms with E-state index < -0.39 is 73.7 Å². The summed E-state index contributed by atoms with van der Waals surface area (Å²) in [5.41, 5.74) is -0.681. The predicted molar refractivity (Wildman–Crippen MR) is 280 cm³/mol. The third kappa shape index (κ3) is 10.0. The van der Waals surface area contributed by atoms with Crippen molar-refractivity contribution in [3.05, 3.63) is 167 Å². The molecule has 0 fully saturated rings. The van der Waals surface area contributed by atoms with Crippen LogP contribution in [0.3, 0.4) is 0 Å². The molecule has 2 aromatic heterocycles. The Balaban J connectivity index is 0.0000104. The van der Waals surface area contributed by atoms with Gasteiger partial charge in [-0.3, -0.25) is 9.55 Å². The molecule has 6 aromatic carbocycles. The van der Waals surface area contributed by atoms with Gasteiger partial charge in [-0.15, -0.1) is 29.3 Å². The van der Waals surface area contributed by atoms with Crippen molar-refractivity contribution < 1.29 is 50.8 Å². The van der Waals surface area contributed by atoms with Gasteiger partial charge in [0.05, 0.1) is 22.3 Å². The number of hydrogen-bond donors (Lipinski definition) is 1. The van der Waals surface area contributed by atoms with Crippen LogP contribution in [0.25, 0.3) is 72.7 Å². The van der Waals surface area contributed by atoms with Crippen molar-refractivity contribution >= 4 is 11.0 Å². The Morgan fingerprint density at radius 1 is 0.507 bits per heavy atom. The van der Waals surface area contributed by atoms with Crippen LogP contribution in [0.2, 0.25) is 0 Å². The van der Waals surface area contributed by atoms with Gasteiger partial charge in [0.25, 0.3) is 0 Å². The zero-order chi connectivity index (χ0) is 62.7. The molecule has 4 nitrogen and oxygen atoms in total. The topological polar surface area (TPSA) is 50.9 Å². The molecule has 67 heavy (non-hydrogen) atoms. The second-order valence-corrected chi connectivity index (χ2v) is 20.4. The van der Waals surface area contributed by atoms with E-state index in [0.29, 0.717) is 66.9 Å². The summed E-state index contributed by atoms with van der Waals surface area (Å²) in [5, 5.41) is 12.7. The first kappa shape index (κ1) is 30.7. The monoisotopic (exact) mass is 1080 g/mol. The maximum Gasteiger partial charge on any atom is 0.148 e. The fraction of sp³-hybridized carbons (Fsp3) is 0.323. The van der Waals surface area contributed by atoms with Gasteiger partial charge in [-0.1, -0.05) is 199 Å². The number of rotatable bonds is 6. The van der Waals surface area contributed by atoms with E-state index in [9.17, 15) is 5.11 Å². The molecule has 5 heteroatoms. The van der Waals surface area contributed by atoms with Crippen LogP contribution >= 0.6 is 0 Å². The minimum absolute atomic E-state index is 0. The molecular formula is C62H68N3OPt-. The maximum atomic E-state index is 12.7. The molecule has 1 N–H and O–H groups in total. The van der Waals surface area contributed by atoms with E-state index in [-0.39, 0.29) is 43.8 Å². The minimum atomic E-state index is -3.55. The molecule has 8 rings (SSSR count). The summed E-state index contributed by atoms with van der Waals surface area (Å²) in [4.78, 5) is 10.2. The second-order valence-electron chi connectivity index (χ2n) is 20.4. The number of aromatic hydroxyl groups is 1. The van der Waals surface area contributed by atoms with Crippen molar-refractivity contribution in [1.29, 1.82) is 0 Å². The van der Waals surface area contributed by atoms with Crippen LogP contribution in [0.4, 0.5) is 0 Å². The normalized spacial score (nSPS) is 17.7. The summed E-state index contributed by atoms with van der Waals surface area (Å²) < 4.78 is 154. The number of pyridine rings is 1. The predicted octanol–water partition coefficient (Wildman–Crippen LogP) is 16.7. The van der Waals surface area contributed by atoms with Crippen molar-refractivity contribution in [2.45, 2.75) is 130 Å². The minimum Gasteiger partial charge on any atom is -0.507 e. The van der Waals surface area contributed by atoms with Gasteiger partial charge in [-0.2, -0.15) is 0 Å². The van der Waals surface area contributed by atoms with Gasteiger partial charge in [0.2, 0.25) is 0 Å². The largest absolute Gasteiger partial charge is 0.507 e. The molecule has 348 valence electrons. The molecular weight excluding hydrogens is 998 g/mol. The van der Waals surface area contributed by atoms with Crippen molar-refractivity contribution in [2.75, 3.05) is 0 Å². The summed E-state index contributed by atoms with van der Waals surface area (Å²) in [7, 11) is 0. The SMILES string of the molecule is [2H]C([2H])([2H])C(c1ccc(-c2ccnc(-c3[c-]c(-c4cccc5c4nc(-c4cc(C(C)(C)C)cc(C(C)(C)C)c4O)n5-c4ccc(C(C([2H])([2H])[2H])(C([2H])([2H])[2H])C([2H])([2H])[2H])cc4-c4ccccc4)cc(C(C)(C)C)c3)c2)cc1)(C([2H])([2H])[2H])C([2H])([2H])[2H].[Pt]. The number of fused-ring (bicyclic) bond motifs is 1. The zero-order valence-electron chi connectivity index (χ0n) is 57.3. The van der Waals surface area contributed by atoms with E-state index in [1.54, 1.807) is 48.7 Å². The Bertz CT molecular complexity index is 3700. The average molecular weight is 1080 g/mol. The Morgan fingerprint density at radius 2 is 1.12 bits per heavy atom. The standard InChI is InChI=1S/C62H68N3O.Pt/c1-58(2,3)44-26-24-39(25-27-44)41-30-31-63-52(35-41)43-32-42(33-46(34-43)60(7,8)9)48-22-19-23-54-55(48)64-57(50-37-47(61(10,11)12)38-51(56(50)66)62(13,14)15)65(54)53-29-28-45(59(4,5)6)36-49(53)40-20-17-16-18-21-40;/h16-31,33-38,66H,1-15H3;/q-1;/i1D3,2D3,3D3,4D3,5D3,6D3;. The number of imidazole rings is 1. The molecule has 0 aliphatic carbocycles. The molecule has 2 heterocycles. The summed E-state index contributed by atoms with van der Waals surface area (Å²) >= 11 is 0. The summed E-state index contributed by atoms with van der Waals surface area (Å²) in [5.74, 6) is 0.208. The number of para-hydroxylation sites is 1. The van der Waals surface area contributed by atoms with Crippen LogP contribution in [0.15, 0.2) is 134 Å². The van der Waals surface area contributed by atoms with Crippen LogP contribution in [-0.4, -0.2) is 19.6 Å². The second kappa shape index (κ2) is 17.8. The van der Waals surface area contributed by atoms with Gasteiger partial charge in [-0.05, 0) is 90.8 Å². The molecule has 0 bridgehead atoms. The van der Waals surface area contributed by atoms with Gasteiger partial charge in [0.15, 0.2) is 0 Å². The fourth-order valence-electron chi connectivity index (χ4n) is 8.32. The quantitative estimate of drug-likeness (QED) is 0.169. The number of hydrogen-bond acceptors (Lipinski definition) is 3. The first-order chi connectivity index (χ1) is 38.3. The maximum absolute atomic E-state index is 12.7. The molecule has 0 amide bonds. The first-order valence-electron chi connectivity index (χ1n) is 31.0. The van der Waals surface area contributed by atoms with Crippen LogP contribution in [0.5, 0.6) is 5.75 Å². The number of phenolic OH excluding ortho intramolecular Hbond substituents is 1. The Morgan fingerprint density at radius 3 is 1.76 bits per heavy atom. The third-order valence-electron chi connectivity index (χ3n) is 12.2. The van der Waals surface area contributed by atoms with Gasteiger partial charge in [0, 0.05) is 68.8 Å². The summed E-state index contributed by atoms with van der Waals surface area (Å²) in [6.45, 7) is -2.63. The van der Waals surface area contributed by atoms with E-state index >= 15 is 0 Å². The molecule has 0 saturated heterocycles. The van der Waals surface area contributed by atoms with Gasteiger partial charge in [-0.25, -0.2) is 4.98 Å².